The molecule has 0 spiro atoms. The molecule has 4 unspecified atom stereocenters. The van der Waals surface area contributed by atoms with E-state index in [0.717, 1.165) is 6.21 Å². The van der Waals surface area contributed by atoms with Crippen LogP contribution in [0.5, 0.6) is 5.75 Å². The molecular weight excluding hydrogens is 321 g/mol. The van der Waals surface area contributed by atoms with Gasteiger partial charge in [-0.1, -0.05) is 13.0 Å². The van der Waals surface area contributed by atoms with E-state index in [9.17, 15) is 26.7 Å². The van der Waals surface area contributed by atoms with Crippen LogP contribution in [0.1, 0.15) is 6.92 Å². The molecule has 23 heavy (non-hydrogen) atoms. The topological polar surface area (TPSA) is 38.7 Å². The molecular formula is C15H10F5NO2. The number of alkyl halides is 1. The van der Waals surface area contributed by atoms with Gasteiger partial charge in [-0.15, -0.1) is 0 Å². The highest BCUT2D eigenvalue weighted by Crippen LogP contribution is 2.42. The van der Waals surface area contributed by atoms with Crippen molar-refractivity contribution in [3.63, 3.8) is 0 Å². The third kappa shape index (κ3) is 2.42. The van der Waals surface area contributed by atoms with E-state index in [2.05, 4.69) is 9.73 Å². The molecule has 2 aliphatic heterocycles. The van der Waals surface area contributed by atoms with Gasteiger partial charge in [0.15, 0.2) is 11.6 Å². The normalized spacial score (nSPS) is 28.7. The van der Waals surface area contributed by atoms with Crippen LogP contribution in [-0.2, 0) is 4.79 Å². The van der Waals surface area contributed by atoms with E-state index in [0.29, 0.717) is 0 Å². The Hall–Kier alpha value is -2.25. The fraction of sp³-hybridized carbons (Fsp3) is 0.333. The number of rotatable bonds is 2. The number of carbonyl (C=O) groups excluding carboxylic acids is 1. The van der Waals surface area contributed by atoms with Gasteiger partial charge in [-0.3, -0.25) is 4.99 Å². The number of hydrogen-bond donors (Lipinski definition) is 0. The summed E-state index contributed by atoms with van der Waals surface area (Å²) in [6.45, 7) is 1.74. The molecule has 0 N–H and O–H groups in total. The van der Waals surface area contributed by atoms with Crippen molar-refractivity contribution < 1.29 is 31.5 Å². The Bertz CT molecular complexity index is 710. The van der Waals surface area contributed by atoms with E-state index in [4.69, 9.17) is 0 Å². The highest BCUT2D eigenvalue weighted by atomic mass is 19.2. The van der Waals surface area contributed by atoms with Crippen molar-refractivity contribution in [1.29, 1.82) is 0 Å². The fourth-order valence-corrected chi connectivity index (χ4v) is 2.68. The first-order valence-electron chi connectivity index (χ1n) is 6.75. The van der Waals surface area contributed by atoms with Crippen LogP contribution in [-0.4, -0.2) is 24.4 Å². The van der Waals surface area contributed by atoms with Gasteiger partial charge in [0.25, 0.3) is 0 Å². The minimum atomic E-state index is -1.83. The zero-order chi connectivity index (χ0) is 16.9. The SMILES string of the molecule is CC1C2C=C(C(=O)Oc3c(F)c(F)cc(F)c3F)C=NC1C2F. The molecule has 1 saturated carbocycles. The van der Waals surface area contributed by atoms with Crippen LogP contribution in [0, 0.1) is 35.1 Å². The molecule has 122 valence electrons. The molecule has 1 fully saturated rings. The number of aliphatic imine (C=N–C) groups is 1. The molecule has 3 aliphatic rings. The Balaban J connectivity index is 1.89. The zero-order valence-electron chi connectivity index (χ0n) is 11.7. The molecule has 0 saturated heterocycles. The first kappa shape index (κ1) is 15.6. The van der Waals surface area contributed by atoms with E-state index in [1.807, 2.05) is 0 Å². The Kier molecular flexibility index (Phi) is 3.69. The predicted octanol–water partition coefficient (Wildman–Crippen LogP) is 3.13. The lowest BCUT2D eigenvalue weighted by Crippen LogP contribution is -2.49. The van der Waals surface area contributed by atoms with E-state index < -0.39 is 53.1 Å². The first-order chi connectivity index (χ1) is 10.8. The molecule has 0 aromatic heterocycles. The molecule has 4 rings (SSSR count). The number of halogens is 5. The number of ether oxygens (including phenoxy) is 1. The zero-order valence-corrected chi connectivity index (χ0v) is 11.7. The minimum Gasteiger partial charge on any atom is -0.416 e. The number of carbonyl (C=O) groups is 1. The summed E-state index contributed by atoms with van der Waals surface area (Å²) < 4.78 is 71.3. The quantitative estimate of drug-likeness (QED) is 0.361. The lowest BCUT2D eigenvalue weighted by molar-refractivity contribution is -0.130. The summed E-state index contributed by atoms with van der Waals surface area (Å²) in [4.78, 5) is 15.8. The fourth-order valence-electron chi connectivity index (χ4n) is 2.68. The Morgan fingerprint density at radius 1 is 1.17 bits per heavy atom. The number of hydrogen-bond acceptors (Lipinski definition) is 3. The molecule has 1 aromatic rings. The molecule has 3 nitrogen and oxygen atoms in total. The summed E-state index contributed by atoms with van der Waals surface area (Å²) in [6, 6.07) is -0.597. The van der Waals surface area contributed by atoms with Crippen LogP contribution < -0.4 is 4.74 Å². The van der Waals surface area contributed by atoms with Crippen LogP contribution in [0.25, 0.3) is 0 Å². The largest absolute Gasteiger partial charge is 0.416 e. The van der Waals surface area contributed by atoms with Gasteiger partial charge in [-0.2, -0.15) is 8.78 Å². The van der Waals surface area contributed by atoms with Crippen molar-refractivity contribution in [2.24, 2.45) is 16.8 Å². The summed E-state index contributed by atoms with van der Waals surface area (Å²) in [5.74, 6) is -10.5. The van der Waals surface area contributed by atoms with Gasteiger partial charge in [0, 0.05) is 18.2 Å². The highest BCUT2D eigenvalue weighted by molar-refractivity contribution is 6.10. The Labute approximate surface area is 127 Å². The maximum Gasteiger partial charge on any atom is 0.344 e. The second-order valence-electron chi connectivity index (χ2n) is 5.46. The van der Waals surface area contributed by atoms with Gasteiger partial charge in [-0.05, 0) is 5.92 Å². The third-order valence-corrected chi connectivity index (χ3v) is 4.10. The summed E-state index contributed by atoms with van der Waals surface area (Å²) in [5, 5.41) is 0. The van der Waals surface area contributed by atoms with E-state index in [1.54, 1.807) is 6.92 Å². The Morgan fingerprint density at radius 2 is 1.78 bits per heavy atom. The number of benzene rings is 1. The summed E-state index contributed by atoms with van der Waals surface area (Å²) in [6.07, 6.45) is 1.02. The maximum atomic E-state index is 13.7. The molecule has 1 aromatic carbocycles. The van der Waals surface area contributed by atoms with E-state index >= 15 is 0 Å². The number of esters is 1. The number of allylic oxidation sites excluding steroid dienone is 1. The van der Waals surface area contributed by atoms with E-state index in [-0.39, 0.29) is 17.6 Å². The molecule has 4 atom stereocenters. The standard InChI is InChI=1S/C15H10F5NO2/c1-5-7-2-6(4-21-13(5)10(7)18)15(22)23-14-11(19)8(16)3-9(17)12(14)20/h2-5,7,10,13H,1H3. The van der Waals surface area contributed by atoms with Gasteiger partial charge in [0.1, 0.15) is 6.17 Å². The van der Waals surface area contributed by atoms with E-state index in [1.165, 1.54) is 6.08 Å². The molecule has 2 bridgehead atoms. The average molecular weight is 331 g/mol. The van der Waals surface area contributed by atoms with Crippen LogP contribution in [0.3, 0.4) is 0 Å². The number of fused-ring (bicyclic) bond motifs is 1. The summed E-state index contributed by atoms with van der Waals surface area (Å²) in [5.41, 5.74) is -0.229. The van der Waals surface area contributed by atoms with Crippen molar-refractivity contribution in [2.75, 3.05) is 0 Å². The van der Waals surface area contributed by atoms with Gasteiger partial charge in [0.2, 0.25) is 17.4 Å². The number of nitrogens with zero attached hydrogens (tertiary/aromatic N) is 1. The van der Waals surface area contributed by atoms with Crippen LogP contribution in [0.15, 0.2) is 22.7 Å². The second kappa shape index (κ2) is 5.43. The molecule has 0 radical (unpaired) electrons. The Morgan fingerprint density at radius 3 is 2.35 bits per heavy atom. The first-order valence-corrected chi connectivity index (χ1v) is 6.75. The van der Waals surface area contributed by atoms with Crippen LogP contribution >= 0.6 is 0 Å². The van der Waals surface area contributed by atoms with Gasteiger partial charge >= 0.3 is 5.97 Å². The third-order valence-electron chi connectivity index (χ3n) is 4.10. The van der Waals surface area contributed by atoms with Crippen molar-refractivity contribution in [2.45, 2.75) is 19.1 Å². The lowest BCUT2D eigenvalue weighted by atomic mass is 9.69. The molecule has 2 heterocycles. The van der Waals surface area contributed by atoms with Crippen molar-refractivity contribution in [3.05, 3.63) is 41.0 Å². The van der Waals surface area contributed by atoms with Gasteiger partial charge < -0.3 is 4.74 Å². The van der Waals surface area contributed by atoms with Crippen molar-refractivity contribution in [1.82, 2.24) is 0 Å². The van der Waals surface area contributed by atoms with Gasteiger partial charge in [0.05, 0.1) is 11.6 Å². The van der Waals surface area contributed by atoms with Crippen molar-refractivity contribution in [3.8, 4) is 5.75 Å². The summed E-state index contributed by atoms with van der Waals surface area (Å²) >= 11 is 0. The highest BCUT2D eigenvalue weighted by Gasteiger charge is 2.48. The summed E-state index contributed by atoms with van der Waals surface area (Å²) in [7, 11) is 0. The monoisotopic (exact) mass is 331 g/mol. The second-order valence-corrected chi connectivity index (χ2v) is 5.46. The van der Waals surface area contributed by atoms with Crippen LogP contribution in [0.2, 0.25) is 0 Å². The van der Waals surface area contributed by atoms with Gasteiger partial charge in [-0.25, -0.2) is 18.0 Å². The lowest BCUT2D eigenvalue weighted by Gasteiger charge is -2.41. The van der Waals surface area contributed by atoms with Crippen LogP contribution in [0.4, 0.5) is 22.0 Å². The average Bonchev–Trinajstić information content (AvgIpc) is 2.80. The predicted molar refractivity (Wildman–Crippen MR) is 69.8 cm³/mol. The maximum absolute atomic E-state index is 13.7. The smallest absolute Gasteiger partial charge is 0.344 e. The molecule has 0 amide bonds. The molecule has 1 aliphatic carbocycles. The minimum absolute atomic E-state index is 0.00144. The van der Waals surface area contributed by atoms with Crippen molar-refractivity contribution >= 4 is 12.2 Å². The molecule has 8 heteroatoms.